The predicted octanol–water partition coefficient (Wildman–Crippen LogP) is 4.02. The molecule has 4 nitrogen and oxygen atoms in total. The molecule has 0 N–H and O–H groups in total. The third-order valence-corrected chi connectivity index (χ3v) is 3.21. The minimum atomic E-state index is -0.510. The fourth-order valence-electron chi connectivity index (χ4n) is 1.86. The van der Waals surface area contributed by atoms with Crippen molar-refractivity contribution in [2.45, 2.75) is 6.54 Å². The topological polar surface area (TPSA) is 46.4 Å². The van der Waals surface area contributed by atoms with Crippen LogP contribution in [0.15, 0.2) is 42.5 Å². The summed E-state index contributed by atoms with van der Waals surface area (Å²) < 4.78 is 12.9. The first-order valence-electron chi connectivity index (χ1n) is 5.87. The summed E-state index contributed by atoms with van der Waals surface area (Å²) in [5.41, 5.74) is 1.47. The van der Waals surface area contributed by atoms with Gasteiger partial charge in [0.2, 0.25) is 0 Å². The highest BCUT2D eigenvalue weighted by Gasteiger charge is 2.13. The van der Waals surface area contributed by atoms with Crippen molar-refractivity contribution in [2.75, 3.05) is 11.9 Å². The SMILES string of the molecule is CN(Cc1ccc(Cl)c([N+](=O)[O-])c1)c1ccc(F)cc1. The lowest BCUT2D eigenvalue weighted by Crippen LogP contribution is -2.16. The quantitative estimate of drug-likeness (QED) is 0.632. The molecule has 0 aromatic heterocycles. The summed E-state index contributed by atoms with van der Waals surface area (Å²) in [6.07, 6.45) is 0. The number of nitro benzene ring substituents is 1. The largest absolute Gasteiger partial charge is 0.370 e. The van der Waals surface area contributed by atoms with E-state index in [4.69, 9.17) is 11.6 Å². The molecule has 0 radical (unpaired) electrons. The van der Waals surface area contributed by atoms with E-state index < -0.39 is 4.92 Å². The molecule has 0 aliphatic carbocycles. The molecule has 104 valence electrons. The molecule has 2 aromatic rings. The summed E-state index contributed by atoms with van der Waals surface area (Å²) in [6, 6.07) is 10.7. The fourth-order valence-corrected chi connectivity index (χ4v) is 2.04. The van der Waals surface area contributed by atoms with Gasteiger partial charge in [0.05, 0.1) is 4.92 Å². The highest BCUT2D eigenvalue weighted by molar-refractivity contribution is 6.32. The van der Waals surface area contributed by atoms with Crippen molar-refractivity contribution >= 4 is 23.0 Å². The van der Waals surface area contributed by atoms with Crippen molar-refractivity contribution in [3.63, 3.8) is 0 Å². The second-order valence-electron chi connectivity index (χ2n) is 4.38. The molecule has 2 rings (SSSR count). The first kappa shape index (κ1) is 14.3. The van der Waals surface area contributed by atoms with Crippen LogP contribution >= 0.6 is 11.6 Å². The molecule has 0 aliphatic heterocycles. The number of hydrogen-bond acceptors (Lipinski definition) is 3. The highest BCUT2D eigenvalue weighted by Crippen LogP contribution is 2.26. The predicted molar refractivity (Wildman–Crippen MR) is 76.6 cm³/mol. The van der Waals surface area contributed by atoms with Gasteiger partial charge in [0.1, 0.15) is 10.8 Å². The number of benzene rings is 2. The zero-order valence-electron chi connectivity index (χ0n) is 10.7. The number of nitro groups is 1. The lowest BCUT2D eigenvalue weighted by atomic mass is 10.2. The fraction of sp³-hybridized carbons (Fsp3) is 0.143. The number of hydrogen-bond donors (Lipinski definition) is 0. The van der Waals surface area contributed by atoms with E-state index >= 15 is 0 Å². The van der Waals surface area contributed by atoms with E-state index in [1.807, 2.05) is 11.9 Å². The third-order valence-electron chi connectivity index (χ3n) is 2.89. The number of anilines is 1. The van der Waals surface area contributed by atoms with Crippen LogP contribution in [0.5, 0.6) is 0 Å². The Morgan fingerprint density at radius 2 is 1.90 bits per heavy atom. The molecule has 0 spiro atoms. The molecule has 0 heterocycles. The van der Waals surface area contributed by atoms with E-state index in [-0.39, 0.29) is 16.5 Å². The average Bonchev–Trinajstić information content (AvgIpc) is 2.41. The highest BCUT2D eigenvalue weighted by atomic mass is 35.5. The molecule has 0 aliphatic rings. The van der Waals surface area contributed by atoms with E-state index in [9.17, 15) is 14.5 Å². The van der Waals surface area contributed by atoms with E-state index in [0.717, 1.165) is 11.3 Å². The van der Waals surface area contributed by atoms with Gasteiger partial charge < -0.3 is 4.90 Å². The standard InChI is InChI=1S/C14H12ClFN2O2/c1-17(12-5-3-11(16)4-6-12)9-10-2-7-13(15)14(8-10)18(19)20/h2-8H,9H2,1H3. The summed E-state index contributed by atoms with van der Waals surface area (Å²) in [6.45, 7) is 0.462. The Labute approximate surface area is 120 Å². The van der Waals surface area contributed by atoms with Gasteiger partial charge in [-0.1, -0.05) is 17.7 Å². The molecular formula is C14H12ClFN2O2. The zero-order valence-corrected chi connectivity index (χ0v) is 11.5. The van der Waals surface area contributed by atoms with Gasteiger partial charge in [-0.05, 0) is 35.9 Å². The molecule has 2 aromatic carbocycles. The monoisotopic (exact) mass is 294 g/mol. The second kappa shape index (κ2) is 5.88. The number of rotatable bonds is 4. The Morgan fingerprint density at radius 1 is 1.25 bits per heavy atom. The van der Waals surface area contributed by atoms with Crippen molar-refractivity contribution < 1.29 is 9.31 Å². The molecule has 20 heavy (non-hydrogen) atoms. The van der Waals surface area contributed by atoms with E-state index in [1.165, 1.54) is 24.3 Å². The molecule has 6 heteroatoms. The molecule has 0 amide bonds. The minimum Gasteiger partial charge on any atom is -0.370 e. The normalized spacial score (nSPS) is 10.3. The van der Waals surface area contributed by atoms with Crippen LogP contribution < -0.4 is 4.90 Å². The molecule has 0 bridgehead atoms. The van der Waals surface area contributed by atoms with Gasteiger partial charge >= 0.3 is 0 Å². The Kier molecular flexibility index (Phi) is 4.20. The van der Waals surface area contributed by atoms with Crippen LogP contribution in [0.2, 0.25) is 5.02 Å². The summed E-state index contributed by atoms with van der Waals surface area (Å²) in [5.74, 6) is -0.302. The molecule has 0 saturated carbocycles. The van der Waals surface area contributed by atoms with Gasteiger partial charge in [0.25, 0.3) is 5.69 Å². The van der Waals surface area contributed by atoms with Crippen LogP contribution in [0, 0.1) is 15.9 Å². The minimum absolute atomic E-state index is 0.114. The van der Waals surface area contributed by atoms with Crippen LogP contribution in [-0.2, 0) is 6.54 Å². The van der Waals surface area contributed by atoms with Crippen molar-refractivity contribution in [2.24, 2.45) is 0 Å². The Balaban J connectivity index is 2.19. The summed E-state index contributed by atoms with van der Waals surface area (Å²) in [5, 5.41) is 10.9. The van der Waals surface area contributed by atoms with E-state index in [2.05, 4.69) is 0 Å². The van der Waals surface area contributed by atoms with E-state index in [0.29, 0.717) is 6.54 Å². The summed E-state index contributed by atoms with van der Waals surface area (Å²) >= 11 is 5.77. The first-order valence-corrected chi connectivity index (χ1v) is 6.24. The number of nitrogens with zero attached hydrogens (tertiary/aromatic N) is 2. The van der Waals surface area contributed by atoms with Gasteiger partial charge in [-0.25, -0.2) is 4.39 Å². The van der Waals surface area contributed by atoms with Crippen LogP contribution in [0.4, 0.5) is 15.8 Å². The van der Waals surface area contributed by atoms with Crippen molar-refractivity contribution in [1.29, 1.82) is 0 Å². The molecular weight excluding hydrogens is 283 g/mol. The molecule has 0 saturated heterocycles. The van der Waals surface area contributed by atoms with Crippen LogP contribution in [0.3, 0.4) is 0 Å². The van der Waals surface area contributed by atoms with Gasteiger partial charge in [0.15, 0.2) is 0 Å². The van der Waals surface area contributed by atoms with Gasteiger partial charge in [-0.3, -0.25) is 10.1 Å². The zero-order chi connectivity index (χ0) is 14.7. The summed E-state index contributed by atoms with van der Waals surface area (Å²) in [4.78, 5) is 12.2. The maximum absolute atomic E-state index is 12.9. The third kappa shape index (κ3) is 3.24. The average molecular weight is 295 g/mol. The Bertz CT molecular complexity index is 632. The first-order chi connectivity index (χ1) is 9.47. The molecule has 0 fully saturated rings. The molecule has 0 unspecified atom stereocenters. The lowest BCUT2D eigenvalue weighted by Gasteiger charge is -2.19. The van der Waals surface area contributed by atoms with Gasteiger partial charge in [-0.2, -0.15) is 0 Å². The Morgan fingerprint density at radius 3 is 2.50 bits per heavy atom. The van der Waals surface area contributed by atoms with Crippen LogP contribution in [0.1, 0.15) is 5.56 Å². The Hall–Kier alpha value is -2.14. The second-order valence-corrected chi connectivity index (χ2v) is 4.78. The van der Waals surface area contributed by atoms with Crippen molar-refractivity contribution in [1.82, 2.24) is 0 Å². The lowest BCUT2D eigenvalue weighted by molar-refractivity contribution is -0.384. The van der Waals surface area contributed by atoms with Crippen LogP contribution in [0.25, 0.3) is 0 Å². The molecule has 0 atom stereocenters. The van der Waals surface area contributed by atoms with Gasteiger partial charge in [-0.15, -0.1) is 0 Å². The van der Waals surface area contributed by atoms with E-state index in [1.54, 1.807) is 18.2 Å². The summed E-state index contributed by atoms with van der Waals surface area (Å²) in [7, 11) is 1.83. The number of halogens is 2. The van der Waals surface area contributed by atoms with Gasteiger partial charge in [0, 0.05) is 25.3 Å². The maximum atomic E-state index is 12.9. The van der Waals surface area contributed by atoms with Crippen molar-refractivity contribution in [3.8, 4) is 0 Å². The van der Waals surface area contributed by atoms with Crippen LogP contribution in [-0.4, -0.2) is 12.0 Å². The van der Waals surface area contributed by atoms with Crippen molar-refractivity contribution in [3.05, 3.63) is 69.0 Å². The smallest absolute Gasteiger partial charge is 0.288 e. The maximum Gasteiger partial charge on any atom is 0.288 e.